The van der Waals surface area contributed by atoms with E-state index in [0.29, 0.717) is 6.04 Å². The number of benzene rings is 1. The molecule has 0 saturated carbocycles. The Morgan fingerprint density at radius 2 is 2.06 bits per heavy atom. The Balaban J connectivity index is 2.22. The summed E-state index contributed by atoms with van der Waals surface area (Å²) in [6.07, 6.45) is 5.77. The summed E-state index contributed by atoms with van der Waals surface area (Å²) in [5.41, 5.74) is 4.13. The van der Waals surface area contributed by atoms with Gasteiger partial charge in [0.05, 0.1) is 0 Å². The highest BCUT2D eigenvalue weighted by atomic mass is 15.2. The smallest absolute Gasteiger partial charge is 0.0369 e. The molecule has 0 spiro atoms. The van der Waals surface area contributed by atoms with E-state index >= 15 is 0 Å². The van der Waals surface area contributed by atoms with Gasteiger partial charge in [0.1, 0.15) is 0 Å². The van der Waals surface area contributed by atoms with E-state index in [4.69, 9.17) is 0 Å². The number of rotatable bonds is 3. The fourth-order valence-electron chi connectivity index (χ4n) is 2.74. The lowest BCUT2D eigenvalue weighted by atomic mass is 10.00. The van der Waals surface area contributed by atoms with Crippen molar-refractivity contribution in [3.05, 3.63) is 54.1 Å². The summed E-state index contributed by atoms with van der Waals surface area (Å²) in [5.74, 6) is 0. The Morgan fingerprint density at radius 1 is 1.33 bits per heavy atom. The molecule has 1 aromatic rings. The van der Waals surface area contributed by atoms with Crippen molar-refractivity contribution in [1.29, 1.82) is 0 Å². The molecule has 2 rings (SSSR count). The van der Waals surface area contributed by atoms with Gasteiger partial charge in [0.15, 0.2) is 0 Å². The van der Waals surface area contributed by atoms with Gasteiger partial charge in [-0.1, -0.05) is 35.4 Å². The van der Waals surface area contributed by atoms with E-state index in [1.165, 1.54) is 16.8 Å². The lowest BCUT2D eigenvalue weighted by Gasteiger charge is -2.33. The van der Waals surface area contributed by atoms with Crippen LogP contribution >= 0.6 is 0 Å². The van der Waals surface area contributed by atoms with Gasteiger partial charge < -0.3 is 4.90 Å². The van der Waals surface area contributed by atoms with Crippen molar-refractivity contribution in [2.24, 2.45) is 0 Å². The summed E-state index contributed by atoms with van der Waals surface area (Å²) in [7, 11) is 0. The average Bonchev–Trinajstić information content (AvgIpc) is 2.51. The molecular formula is C17H23N. The SMILES string of the molecule is C=C(C)C[C@@H]1CC(C)=CCCN1c1ccccc1. The van der Waals surface area contributed by atoms with Crippen LogP contribution < -0.4 is 4.90 Å². The second-order valence-corrected chi connectivity index (χ2v) is 5.39. The molecule has 0 aromatic heterocycles. The summed E-state index contributed by atoms with van der Waals surface area (Å²) in [6, 6.07) is 11.3. The first-order chi connectivity index (χ1) is 8.66. The highest BCUT2D eigenvalue weighted by Crippen LogP contribution is 2.27. The second-order valence-electron chi connectivity index (χ2n) is 5.39. The van der Waals surface area contributed by atoms with Crippen LogP contribution in [0, 0.1) is 0 Å². The van der Waals surface area contributed by atoms with Gasteiger partial charge in [-0.25, -0.2) is 0 Å². The van der Waals surface area contributed by atoms with Crippen molar-refractivity contribution in [2.45, 2.75) is 39.2 Å². The molecule has 0 N–H and O–H groups in total. The third-order valence-electron chi connectivity index (χ3n) is 3.53. The maximum Gasteiger partial charge on any atom is 0.0369 e. The third kappa shape index (κ3) is 3.25. The van der Waals surface area contributed by atoms with E-state index in [9.17, 15) is 0 Å². The Morgan fingerprint density at radius 3 is 2.72 bits per heavy atom. The minimum atomic E-state index is 0.559. The van der Waals surface area contributed by atoms with E-state index in [-0.39, 0.29) is 0 Å². The molecule has 1 heterocycles. The van der Waals surface area contributed by atoms with Crippen LogP contribution in [0.15, 0.2) is 54.1 Å². The van der Waals surface area contributed by atoms with Crippen molar-refractivity contribution in [3.63, 3.8) is 0 Å². The molecule has 0 saturated heterocycles. The second kappa shape index (κ2) is 5.90. The van der Waals surface area contributed by atoms with Gasteiger partial charge in [0.2, 0.25) is 0 Å². The van der Waals surface area contributed by atoms with Crippen molar-refractivity contribution in [2.75, 3.05) is 11.4 Å². The standard InChI is InChI=1S/C17H23N/c1-14(2)12-17-13-15(3)8-7-11-18(17)16-9-5-4-6-10-16/h4-6,8-10,17H,1,7,11-13H2,2-3H3/t17-/m1/s1. The molecule has 0 bridgehead atoms. The summed E-state index contributed by atoms with van der Waals surface area (Å²) in [5, 5.41) is 0. The van der Waals surface area contributed by atoms with Crippen LogP contribution in [-0.2, 0) is 0 Å². The first-order valence-electron chi connectivity index (χ1n) is 6.78. The molecule has 1 nitrogen and oxygen atoms in total. The number of hydrogen-bond donors (Lipinski definition) is 0. The molecule has 0 aliphatic carbocycles. The van der Waals surface area contributed by atoms with Gasteiger partial charge in [0, 0.05) is 18.3 Å². The molecule has 18 heavy (non-hydrogen) atoms. The van der Waals surface area contributed by atoms with Crippen LogP contribution in [-0.4, -0.2) is 12.6 Å². The Labute approximate surface area is 111 Å². The zero-order chi connectivity index (χ0) is 13.0. The first-order valence-corrected chi connectivity index (χ1v) is 6.78. The van der Waals surface area contributed by atoms with E-state index in [1.807, 2.05) is 0 Å². The van der Waals surface area contributed by atoms with Crippen LogP contribution in [0.2, 0.25) is 0 Å². The Bertz CT molecular complexity index is 430. The molecule has 0 unspecified atom stereocenters. The quantitative estimate of drug-likeness (QED) is 0.701. The molecule has 1 aromatic carbocycles. The van der Waals surface area contributed by atoms with Crippen LogP contribution in [0.3, 0.4) is 0 Å². The van der Waals surface area contributed by atoms with Crippen molar-refractivity contribution in [1.82, 2.24) is 0 Å². The predicted molar refractivity (Wildman–Crippen MR) is 80.0 cm³/mol. The Hall–Kier alpha value is -1.50. The van der Waals surface area contributed by atoms with Crippen molar-refractivity contribution < 1.29 is 0 Å². The van der Waals surface area contributed by atoms with Gasteiger partial charge in [-0.15, -0.1) is 6.58 Å². The number of anilines is 1. The molecular weight excluding hydrogens is 218 g/mol. The maximum atomic E-state index is 4.09. The number of nitrogens with zero attached hydrogens (tertiary/aromatic N) is 1. The molecule has 96 valence electrons. The molecule has 1 aliphatic heterocycles. The van der Waals surface area contributed by atoms with E-state index in [1.54, 1.807) is 0 Å². The van der Waals surface area contributed by atoms with Crippen molar-refractivity contribution in [3.8, 4) is 0 Å². The summed E-state index contributed by atoms with van der Waals surface area (Å²) in [6.45, 7) is 9.58. The topological polar surface area (TPSA) is 3.24 Å². The van der Waals surface area contributed by atoms with Crippen LogP contribution in [0.25, 0.3) is 0 Å². The van der Waals surface area contributed by atoms with E-state index in [0.717, 1.165) is 25.8 Å². The third-order valence-corrected chi connectivity index (χ3v) is 3.53. The average molecular weight is 241 g/mol. The molecule has 1 aliphatic rings. The zero-order valence-electron chi connectivity index (χ0n) is 11.5. The zero-order valence-corrected chi connectivity index (χ0v) is 11.5. The van der Waals surface area contributed by atoms with Crippen molar-refractivity contribution >= 4 is 5.69 Å². The monoisotopic (exact) mass is 241 g/mol. The fraction of sp³-hybridized carbons (Fsp3) is 0.412. The number of para-hydroxylation sites is 1. The molecule has 0 fully saturated rings. The van der Waals surface area contributed by atoms with E-state index in [2.05, 4.69) is 61.7 Å². The molecule has 1 heteroatoms. The molecule has 0 amide bonds. The highest BCUT2D eigenvalue weighted by molar-refractivity contribution is 5.48. The summed E-state index contributed by atoms with van der Waals surface area (Å²) < 4.78 is 0. The first kappa shape index (κ1) is 12.9. The minimum Gasteiger partial charge on any atom is -0.368 e. The van der Waals surface area contributed by atoms with E-state index < -0.39 is 0 Å². The van der Waals surface area contributed by atoms with Crippen LogP contribution in [0.1, 0.15) is 33.1 Å². The Kier molecular flexibility index (Phi) is 4.24. The predicted octanol–water partition coefficient (Wildman–Crippen LogP) is 4.57. The van der Waals surface area contributed by atoms with Gasteiger partial charge >= 0.3 is 0 Å². The lowest BCUT2D eigenvalue weighted by Crippen LogP contribution is -2.35. The van der Waals surface area contributed by atoms with Crippen LogP contribution in [0.5, 0.6) is 0 Å². The molecule has 0 radical (unpaired) electrons. The maximum absolute atomic E-state index is 4.09. The lowest BCUT2D eigenvalue weighted by molar-refractivity contribution is 0.593. The summed E-state index contributed by atoms with van der Waals surface area (Å²) in [4.78, 5) is 2.54. The normalized spacial score (nSPS) is 20.2. The minimum absolute atomic E-state index is 0.559. The number of hydrogen-bond acceptors (Lipinski definition) is 1. The largest absolute Gasteiger partial charge is 0.368 e. The van der Waals surface area contributed by atoms with Gasteiger partial charge in [-0.05, 0) is 45.2 Å². The van der Waals surface area contributed by atoms with Crippen LogP contribution in [0.4, 0.5) is 5.69 Å². The highest BCUT2D eigenvalue weighted by Gasteiger charge is 2.21. The van der Waals surface area contributed by atoms with Gasteiger partial charge in [0.25, 0.3) is 0 Å². The summed E-state index contributed by atoms with van der Waals surface area (Å²) >= 11 is 0. The van der Waals surface area contributed by atoms with Gasteiger partial charge in [-0.3, -0.25) is 0 Å². The van der Waals surface area contributed by atoms with Gasteiger partial charge in [-0.2, -0.15) is 0 Å². The molecule has 1 atom stereocenters. The fourth-order valence-corrected chi connectivity index (χ4v) is 2.74.